The third kappa shape index (κ3) is 4.33. The molecule has 1 heterocycles. The van der Waals surface area contributed by atoms with Crippen molar-refractivity contribution in [2.45, 2.75) is 0 Å². The van der Waals surface area contributed by atoms with E-state index in [-0.39, 0.29) is 5.91 Å². The van der Waals surface area contributed by atoms with E-state index in [2.05, 4.69) is 31.6 Å². The average Bonchev–Trinajstić information content (AvgIpc) is 3.13. The summed E-state index contributed by atoms with van der Waals surface area (Å²) >= 11 is 3.37. The smallest absolute Gasteiger partial charge is 0.274 e. The van der Waals surface area contributed by atoms with Crippen molar-refractivity contribution in [2.24, 2.45) is 5.10 Å². The maximum absolute atomic E-state index is 12.1. The van der Waals surface area contributed by atoms with Crippen LogP contribution in [0.1, 0.15) is 15.9 Å². The zero-order valence-corrected chi connectivity index (χ0v) is 15.0. The van der Waals surface area contributed by atoms with Gasteiger partial charge in [0, 0.05) is 10.7 Å². The summed E-state index contributed by atoms with van der Waals surface area (Å²) in [6.07, 6.45) is 4.72. The summed E-state index contributed by atoms with van der Waals surface area (Å²) in [5.41, 5.74) is 4.63. The molecule has 0 radical (unpaired) electrons. The van der Waals surface area contributed by atoms with Gasteiger partial charge in [0.2, 0.25) is 0 Å². The largest absolute Gasteiger partial charge is 0.497 e. The molecule has 0 spiro atoms. The molecule has 0 aliphatic rings. The molecule has 3 aromatic rings. The number of halogens is 1. The van der Waals surface area contributed by atoms with Crippen LogP contribution in [0.2, 0.25) is 0 Å². The standard InChI is InChI=1S/C18H15BrN4O2/c1-25-17-8-6-16(7-9-17)23-12-14(11-21-23)18(24)22-20-10-13-2-4-15(19)5-3-13/h2-12H,1H3,(H,22,24)/b20-10-. The predicted molar refractivity (Wildman–Crippen MR) is 99.3 cm³/mol. The van der Waals surface area contributed by atoms with Crippen LogP contribution in [0.15, 0.2) is 70.5 Å². The number of nitrogens with one attached hydrogen (secondary N) is 1. The molecule has 25 heavy (non-hydrogen) atoms. The van der Waals surface area contributed by atoms with E-state index in [4.69, 9.17) is 4.74 Å². The van der Waals surface area contributed by atoms with Crippen LogP contribution in [0, 0.1) is 0 Å². The lowest BCUT2D eigenvalue weighted by molar-refractivity contribution is 0.0955. The number of amides is 1. The Bertz CT molecular complexity index is 886. The number of carbonyl (C=O) groups excluding carboxylic acids is 1. The molecular weight excluding hydrogens is 384 g/mol. The number of hydrogen-bond acceptors (Lipinski definition) is 4. The van der Waals surface area contributed by atoms with Crippen LogP contribution in [0.3, 0.4) is 0 Å². The molecule has 1 N–H and O–H groups in total. The van der Waals surface area contributed by atoms with Gasteiger partial charge in [0.05, 0.1) is 30.8 Å². The van der Waals surface area contributed by atoms with Crippen molar-refractivity contribution >= 4 is 28.1 Å². The molecular formula is C18H15BrN4O2. The Morgan fingerprint density at radius 3 is 2.60 bits per heavy atom. The molecule has 126 valence electrons. The fourth-order valence-electron chi connectivity index (χ4n) is 2.10. The maximum Gasteiger partial charge on any atom is 0.274 e. The van der Waals surface area contributed by atoms with E-state index in [9.17, 15) is 4.79 Å². The highest BCUT2D eigenvalue weighted by Gasteiger charge is 2.08. The second kappa shape index (κ2) is 7.76. The Morgan fingerprint density at radius 2 is 1.92 bits per heavy atom. The first-order chi connectivity index (χ1) is 12.2. The Labute approximate surface area is 153 Å². The topological polar surface area (TPSA) is 68.5 Å². The first-order valence-corrected chi connectivity index (χ1v) is 8.23. The number of rotatable bonds is 5. The summed E-state index contributed by atoms with van der Waals surface area (Å²) < 4.78 is 7.73. The number of carbonyl (C=O) groups is 1. The maximum atomic E-state index is 12.1. The zero-order chi connectivity index (χ0) is 17.6. The van der Waals surface area contributed by atoms with Crippen LogP contribution in [0.4, 0.5) is 0 Å². The summed E-state index contributed by atoms with van der Waals surface area (Å²) in [7, 11) is 1.61. The molecule has 1 amide bonds. The lowest BCUT2D eigenvalue weighted by atomic mass is 10.2. The van der Waals surface area contributed by atoms with Crippen molar-refractivity contribution in [3.8, 4) is 11.4 Å². The van der Waals surface area contributed by atoms with E-state index in [1.165, 1.54) is 6.20 Å². The van der Waals surface area contributed by atoms with Crippen LogP contribution in [-0.2, 0) is 0 Å². The van der Waals surface area contributed by atoms with Crippen LogP contribution in [-0.4, -0.2) is 29.0 Å². The van der Waals surface area contributed by atoms with Gasteiger partial charge in [-0.25, -0.2) is 10.1 Å². The normalized spacial score (nSPS) is 10.8. The minimum Gasteiger partial charge on any atom is -0.497 e. The number of nitrogens with zero attached hydrogens (tertiary/aromatic N) is 3. The van der Waals surface area contributed by atoms with Crippen LogP contribution in [0.5, 0.6) is 5.75 Å². The van der Waals surface area contributed by atoms with Crippen molar-refractivity contribution in [1.82, 2.24) is 15.2 Å². The third-order valence-electron chi connectivity index (χ3n) is 3.43. The average molecular weight is 399 g/mol. The quantitative estimate of drug-likeness (QED) is 0.528. The van der Waals surface area contributed by atoms with Gasteiger partial charge in [-0.1, -0.05) is 28.1 Å². The minimum atomic E-state index is -0.326. The molecule has 1 aromatic heterocycles. The second-order valence-electron chi connectivity index (χ2n) is 5.12. The molecule has 0 aliphatic carbocycles. The van der Waals surface area contributed by atoms with Gasteiger partial charge in [0.15, 0.2) is 0 Å². The van der Waals surface area contributed by atoms with Crippen LogP contribution < -0.4 is 10.2 Å². The monoisotopic (exact) mass is 398 g/mol. The van der Waals surface area contributed by atoms with Gasteiger partial charge in [0.25, 0.3) is 5.91 Å². The Morgan fingerprint density at radius 1 is 1.20 bits per heavy atom. The summed E-state index contributed by atoms with van der Waals surface area (Å²) in [5.74, 6) is 0.435. The summed E-state index contributed by atoms with van der Waals surface area (Å²) in [5, 5.41) is 8.16. The van der Waals surface area contributed by atoms with Crippen molar-refractivity contribution in [1.29, 1.82) is 0 Å². The minimum absolute atomic E-state index is 0.326. The SMILES string of the molecule is COc1ccc(-n2cc(C(=O)N/N=C\c3ccc(Br)cc3)cn2)cc1. The highest BCUT2D eigenvalue weighted by atomic mass is 79.9. The zero-order valence-electron chi connectivity index (χ0n) is 13.4. The third-order valence-corrected chi connectivity index (χ3v) is 3.96. The fourth-order valence-corrected chi connectivity index (χ4v) is 2.36. The molecule has 0 saturated heterocycles. The van der Waals surface area contributed by atoms with Gasteiger partial charge in [0.1, 0.15) is 5.75 Å². The van der Waals surface area contributed by atoms with E-state index in [1.54, 1.807) is 24.2 Å². The Balaban J connectivity index is 1.64. The van der Waals surface area contributed by atoms with E-state index in [0.29, 0.717) is 5.56 Å². The van der Waals surface area contributed by atoms with Gasteiger partial charge >= 0.3 is 0 Å². The first kappa shape index (κ1) is 16.9. The highest BCUT2D eigenvalue weighted by Crippen LogP contribution is 2.14. The van der Waals surface area contributed by atoms with Gasteiger partial charge < -0.3 is 4.74 Å². The number of ether oxygens (including phenoxy) is 1. The summed E-state index contributed by atoms with van der Waals surface area (Å²) in [6, 6.07) is 15.0. The second-order valence-corrected chi connectivity index (χ2v) is 6.04. The fraction of sp³-hybridized carbons (Fsp3) is 0.0556. The van der Waals surface area contributed by atoms with Gasteiger partial charge in [-0.05, 0) is 42.0 Å². The lowest BCUT2D eigenvalue weighted by Gasteiger charge is -2.02. The van der Waals surface area contributed by atoms with Gasteiger partial charge in [-0.2, -0.15) is 10.2 Å². The van der Waals surface area contributed by atoms with E-state index in [1.807, 2.05) is 48.5 Å². The van der Waals surface area contributed by atoms with Crippen molar-refractivity contribution in [3.05, 3.63) is 76.5 Å². The molecule has 0 unspecified atom stereocenters. The van der Waals surface area contributed by atoms with Crippen LogP contribution in [0.25, 0.3) is 5.69 Å². The lowest BCUT2D eigenvalue weighted by Crippen LogP contribution is -2.16. The molecule has 0 aliphatic heterocycles. The van der Waals surface area contributed by atoms with Crippen molar-refractivity contribution in [2.75, 3.05) is 7.11 Å². The number of hydrazone groups is 1. The van der Waals surface area contributed by atoms with Crippen molar-refractivity contribution in [3.63, 3.8) is 0 Å². The molecule has 0 saturated carbocycles. The van der Waals surface area contributed by atoms with Crippen molar-refractivity contribution < 1.29 is 9.53 Å². The predicted octanol–water partition coefficient (Wildman–Crippen LogP) is 3.41. The first-order valence-electron chi connectivity index (χ1n) is 7.44. The van der Waals surface area contributed by atoms with Gasteiger partial charge in [-0.15, -0.1) is 0 Å². The van der Waals surface area contributed by atoms with E-state index in [0.717, 1.165) is 21.5 Å². The molecule has 0 fully saturated rings. The van der Waals surface area contributed by atoms with E-state index < -0.39 is 0 Å². The Hall–Kier alpha value is -2.93. The number of aromatic nitrogens is 2. The number of methoxy groups -OCH3 is 1. The molecule has 6 nitrogen and oxygen atoms in total. The van der Waals surface area contributed by atoms with Gasteiger partial charge in [-0.3, -0.25) is 4.79 Å². The number of hydrogen-bond donors (Lipinski definition) is 1. The molecule has 0 atom stereocenters. The molecule has 0 bridgehead atoms. The molecule has 3 rings (SSSR count). The molecule has 2 aromatic carbocycles. The summed E-state index contributed by atoms with van der Waals surface area (Å²) in [4.78, 5) is 12.1. The summed E-state index contributed by atoms with van der Waals surface area (Å²) in [6.45, 7) is 0. The molecule has 7 heteroatoms. The Kier molecular flexibility index (Phi) is 5.25. The highest BCUT2D eigenvalue weighted by molar-refractivity contribution is 9.10. The van der Waals surface area contributed by atoms with E-state index >= 15 is 0 Å². The number of benzene rings is 2. The van der Waals surface area contributed by atoms with Crippen LogP contribution >= 0.6 is 15.9 Å².